The molecule has 2 aromatic rings. The molecule has 0 saturated carbocycles. The van der Waals surface area contributed by atoms with Crippen molar-refractivity contribution in [1.29, 1.82) is 0 Å². The number of nitrogens with one attached hydrogen (secondary N) is 1. The van der Waals surface area contributed by atoms with Crippen molar-refractivity contribution in [3.05, 3.63) is 47.3 Å². The Morgan fingerprint density at radius 3 is 2.50 bits per heavy atom. The average Bonchev–Trinajstić information content (AvgIpc) is 3.28. The summed E-state index contributed by atoms with van der Waals surface area (Å²) in [6.07, 6.45) is 3.46. The van der Waals surface area contributed by atoms with Crippen molar-refractivity contribution in [2.75, 3.05) is 19.3 Å². The molecule has 1 atom stereocenters. The number of hydrogen-bond acceptors (Lipinski definition) is 5. The van der Waals surface area contributed by atoms with Gasteiger partial charge in [-0.1, -0.05) is 25.1 Å². The highest BCUT2D eigenvalue weighted by Crippen LogP contribution is 2.30. The highest BCUT2D eigenvalue weighted by atomic mass is 32.2. The van der Waals surface area contributed by atoms with Crippen LogP contribution in [0.4, 0.5) is 0 Å². The van der Waals surface area contributed by atoms with Crippen molar-refractivity contribution in [2.45, 2.75) is 35.4 Å². The number of rotatable bonds is 7. The zero-order valence-corrected chi connectivity index (χ0v) is 18.6. The van der Waals surface area contributed by atoms with Gasteiger partial charge in [0.1, 0.15) is 4.21 Å². The van der Waals surface area contributed by atoms with Gasteiger partial charge in [-0.05, 0) is 54.2 Å². The van der Waals surface area contributed by atoms with Crippen molar-refractivity contribution in [3.63, 3.8) is 0 Å². The van der Waals surface area contributed by atoms with Crippen LogP contribution in [0.3, 0.4) is 0 Å². The van der Waals surface area contributed by atoms with Crippen LogP contribution in [0, 0.1) is 11.8 Å². The monoisotopic (exact) mass is 438 g/mol. The molecule has 1 N–H and O–H groups in total. The Hall–Kier alpha value is -1.35. The number of carbonyl (C=O) groups excluding carboxylic acids is 1. The fourth-order valence-corrected chi connectivity index (χ4v) is 6.48. The molecule has 1 aliphatic rings. The second-order valence-electron chi connectivity index (χ2n) is 7.03. The highest BCUT2D eigenvalue weighted by molar-refractivity contribution is 7.98. The molecule has 0 aliphatic carbocycles. The fraction of sp³-hybridized carbons (Fsp3) is 0.450. The van der Waals surface area contributed by atoms with Crippen LogP contribution in [0.2, 0.25) is 0 Å². The highest BCUT2D eigenvalue weighted by Gasteiger charge is 2.33. The number of thioether (sulfide) groups is 1. The molecule has 5 nitrogen and oxygen atoms in total. The number of benzene rings is 1. The molecule has 1 aromatic heterocycles. The molecule has 1 saturated heterocycles. The third-order valence-corrected chi connectivity index (χ3v) is 9.35. The summed E-state index contributed by atoms with van der Waals surface area (Å²) in [5.74, 6) is 0.110. The summed E-state index contributed by atoms with van der Waals surface area (Å²) >= 11 is 2.94. The van der Waals surface area contributed by atoms with Crippen molar-refractivity contribution in [1.82, 2.24) is 9.62 Å². The van der Waals surface area contributed by atoms with E-state index in [-0.39, 0.29) is 17.7 Å². The van der Waals surface area contributed by atoms with Gasteiger partial charge in [0.05, 0.1) is 0 Å². The van der Waals surface area contributed by atoms with Crippen molar-refractivity contribution < 1.29 is 13.2 Å². The molecule has 0 radical (unpaired) electrons. The molecule has 1 amide bonds. The quantitative estimate of drug-likeness (QED) is 0.668. The van der Waals surface area contributed by atoms with Gasteiger partial charge >= 0.3 is 0 Å². The molecule has 1 aromatic carbocycles. The van der Waals surface area contributed by atoms with E-state index in [0.717, 1.165) is 5.56 Å². The molecule has 0 bridgehead atoms. The minimum absolute atomic E-state index is 0.0357. The lowest BCUT2D eigenvalue weighted by molar-refractivity contribution is -0.126. The number of carbonyl (C=O) groups is 1. The Labute approximate surface area is 175 Å². The van der Waals surface area contributed by atoms with Crippen LogP contribution in [0.25, 0.3) is 0 Å². The lowest BCUT2D eigenvalue weighted by Crippen LogP contribution is -2.42. The van der Waals surface area contributed by atoms with Crippen LogP contribution in [0.5, 0.6) is 0 Å². The van der Waals surface area contributed by atoms with Gasteiger partial charge in [0.15, 0.2) is 0 Å². The smallest absolute Gasteiger partial charge is 0.252 e. The Bertz CT molecular complexity index is 872. The number of sulfonamides is 1. The van der Waals surface area contributed by atoms with Crippen molar-refractivity contribution >= 4 is 39.0 Å². The van der Waals surface area contributed by atoms with E-state index >= 15 is 0 Å². The van der Waals surface area contributed by atoms with E-state index in [1.54, 1.807) is 33.6 Å². The molecular weight excluding hydrogens is 412 g/mol. The maximum absolute atomic E-state index is 12.6. The Kier molecular flexibility index (Phi) is 7.20. The molecule has 1 unspecified atom stereocenters. The number of nitrogens with zero attached hydrogens (tertiary/aromatic N) is 1. The molecule has 28 heavy (non-hydrogen) atoms. The van der Waals surface area contributed by atoms with E-state index in [2.05, 4.69) is 17.4 Å². The molecule has 152 valence electrons. The number of thiophene rings is 1. The third-order valence-electron chi connectivity index (χ3n) is 5.33. The Morgan fingerprint density at radius 2 is 1.93 bits per heavy atom. The van der Waals surface area contributed by atoms with E-state index in [4.69, 9.17) is 0 Å². The van der Waals surface area contributed by atoms with Gasteiger partial charge in [0.2, 0.25) is 5.91 Å². The van der Waals surface area contributed by atoms with Gasteiger partial charge in [-0.15, -0.1) is 23.1 Å². The molecule has 2 heterocycles. The summed E-state index contributed by atoms with van der Waals surface area (Å²) in [7, 11) is -3.39. The molecule has 3 rings (SSSR count). The summed E-state index contributed by atoms with van der Waals surface area (Å²) in [5, 5.41) is 4.80. The Balaban J connectivity index is 1.50. The minimum atomic E-state index is -3.39. The normalized spacial score (nSPS) is 17.4. The Morgan fingerprint density at radius 1 is 1.25 bits per heavy atom. The third kappa shape index (κ3) is 4.97. The van der Waals surface area contributed by atoms with Gasteiger partial charge in [-0.2, -0.15) is 4.31 Å². The van der Waals surface area contributed by atoms with Gasteiger partial charge in [-0.25, -0.2) is 8.42 Å². The van der Waals surface area contributed by atoms with Gasteiger partial charge in [0, 0.05) is 30.4 Å². The van der Waals surface area contributed by atoms with Crippen molar-refractivity contribution in [3.8, 4) is 0 Å². The first kappa shape index (κ1) is 21.4. The number of hydrogen-bond donors (Lipinski definition) is 1. The van der Waals surface area contributed by atoms with E-state index in [1.165, 1.54) is 16.2 Å². The van der Waals surface area contributed by atoms with E-state index in [0.29, 0.717) is 36.7 Å². The van der Waals surface area contributed by atoms with Gasteiger partial charge in [0.25, 0.3) is 10.0 Å². The van der Waals surface area contributed by atoms with Crippen molar-refractivity contribution in [2.24, 2.45) is 11.8 Å². The summed E-state index contributed by atoms with van der Waals surface area (Å²) in [6, 6.07) is 11.6. The number of amides is 1. The first-order valence-corrected chi connectivity index (χ1v) is 12.9. The largest absolute Gasteiger partial charge is 0.352 e. The second-order valence-corrected chi connectivity index (χ2v) is 11.0. The maximum atomic E-state index is 12.6. The zero-order chi connectivity index (χ0) is 20.1. The summed E-state index contributed by atoms with van der Waals surface area (Å²) in [6.45, 7) is 3.40. The fourth-order valence-electron chi connectivity index (χ4n) is 3.46. The van der Waals surface area contributed by atoms with Gasteiger partial charge < -0.3 is 5.32 Å². The summed E-state index contributed by atoms with van der Waals surface area (Å²) in [4.78, 5) is 13.8. The predicted octanol–water partition coefficient (Wildman–Crippen LogP) is 3.82. The predicted molar refractivity (Wildman–Crippen MR) is 115 cm³/mol. The lowest BCUT2D eigenvalue weighted by atomic mass is 9.85. The first-order chi connectivity index (χ1) is 13.4. The summed E-state index contributed by atoms with van der Waals surface area (Å²) < 4.78 is 27.2. The molecule has 1 aliphatic heterocycles. The van der Waals surface area contributed by atoms with Crippen LogP contribution < -0.4 is 5.32 Å². The first-order valence-electron chi connectivity index (χ1n) is 9.36. The molecule has 1 fully saturated rings. The summed E-state index contributed by atoms with van der Waals surface area (Å²) in [5.41, 5.74) is 1.08. The van der Waals surface area contributed by atoms with E-state index in [1.807, 2.05) is 25.3 Å². The second kappa shape index (κ2) is 9.43. The number of piperidine rings is 1. The topological polar surface area (TPSA) is 66.5 Å². The van der Waals surface area contributed by atoms with Crippen LogP contribution in [-0.4, -0.2) is 38.0 Å². The van der Waals surface area contributed by atoms with Crippen LogP contribution >= 0.6 is 23.1 Å². The molecule has 8 heteroatoms. The molecular formula is C20H26N2O3S3. The maximum Gasteiger partial charge on any atom is 0.252 e. The standard InChI is InChI=1S/C20H26N2O3S3/c1-15(20(23)21-14-16-5-7-18(26-2)8-6-16)17-9-11-22(12-10-17)28(24,25)19-4-3-13-27-19/h3-8,13,15,17H,9-12,14H2,1-2H3,(H,21,23). The van der Waals surface area contributed by atoms with E-state index in [9.17, 15) is 13.2 Å². The van der Waals surface area contributed by atoms with Crippen LogP contribution in [0.1, 0.15) is 25.3 Å². The van der Waals surface area contributed by atoms with E-state index < -0.39 is 10.0 Å². The van der Waals surface area contributed by atoms with Crippen LogP contribution in [0.15, 0.2) is 50.9 Å². The molecule has 0 spiro atoms. The zero-order valence-electron chi connectivity index (χ0n) is 16.1. The van der Waals surface area contributed by atoms with Gasteiger partial charge in [-0.3, -0.25) is 4.79 Å². The average molecular weight is 439 g/mol. The minimum Gasteiger partial charge on any atom is -0.352 e. The lowest BCUT2D eigenvalue weighted by Gasteiger charge is -2.33. The van der Waals surface area contributed by atoms with Crippen LogP contribution in [-0.2, 0) is 21.4 Å². The SMILES string of the molecule is CSc1ccc(CNC(=O)C(C)C2CCN(S(=O)(=O)c3cccs3)CC2)cc1.